The minimum atomic E-state index is -0.132. The van der Waals surface area contributed by atoms with Crippen LogP contribution in [0.3, 0.4) is 0 Å². The zero-order valence-corrected chi connectivity index (χ0v) is 11.6. The van der Waals surface area contributed by atoms with Gasteiger partial charge in [0.1, 0.15) is 0 Å². The summed E-state index contributed by atoms with van der Waals surface area (Å²) >= 11 is 2.92. The lowest BCUT2D eigenvalue weighted by molar-refractivity contribution is -0.124. The van der Waals surface area contributed by atoms with Gasteiger partial charge >= 0.3 is 0 Å². The molecule has 0 radical (unpaired) electrons. The smallest absolute Gasteiger partial charge is 0.170 e. The van der Waals surface area contributed by atoms with E-state index in [0.717, 1.165) is 4.24 Å². The summed E-state index contributed by atoms with van der Waals surface area (Å²) in [5.74, 6) is -0.353. The van der Waals surface area contributed by atoms with Crippen molar-refractivity contribution in [3.8, 4) is 0 Å². The predicted octanol–water partition coefficient (Wildman–Crippen LogP) is 3.60. The molecule has 0 saturated heterocycles. The molecule has 4 heteroatoms. The van der Waals surface area contributed by atoms with Gasteiger partial charge in [-0.1, -0.05) is 51.2 Å². The van der Waals surface area contributed by atoms with Crippen LogP contribution in [-0.4, -0.2) is 11.6 Å². The van der Waals surface area contributed by atoms with E-state index < -0.39 is 0 Å². The normalized spacial score (nSPS) is 15.0. The number of carbonyl (C=O) groups excluding carboxylic acids is 2. The third kappa shape index (κ3) is 3.01. The van der Waals surface area contributed by atoms with Gasteiger partial charge in [0.05, 0.1) is 9.81 Å². The second-order valence-electron chi connectivity index (χ2n) is 4.21. The molecule has 0 aromatic rings. The number of ketones is 2. The maximum Gasteiger partial charge on any atom is 0.170 e. The van der Waals surface area contributed by atoms with Crippen molar-refractivity contribution >= 4 is 35.1 Å². The van der Waals surface area contributed by atoms with Crippen LogP contribution in [-0.2, 0) is 9.59 Å². The number of allylic oxidation sites excluding steroid dienone is 1. The maximum atomic E-state index is 12.0. The average Bonchev–Trinajstić information content (AvgIpc) is 2.70. The van der Waals surface area contributed by atoms with Gasteiger partial charge in [0.15, 0.2) is 11.6 Å². The minimum Gasteiger partial charge on any atom is -0.294 e. The van der Waals surface area contributed by atoms with Crippen molar-refractivity contribution < 1.29 is 9.59 Å². The molecule has 0 amide bonds. The fourth-order valence-electron chi connectivity index (χ4n) is 1.22. The highest BCUT2D eigenvalue weighted by atomic mass is 32.2. The summed E-state index contributed by atoms with van der Waals surface area (Å²) in [5, 5.41) is 3.81. The maximum absolute atomic E-state index is 12.0. The fourth-order valence-corrected chi connectivity index (χ4v) is 3.11. The van der Waals surface area contributed by atoms with E-state index in [-0.39, 0.29) is 23.4 Å². The molecule has 88 valence electrons. The molecule has 1 rings (SSSR count). The van der Waals surface area contributed by atoms with E-state index >= 15 is 0 Å². The standard InChI is InChI=1S/C12H16O2S2/c1-7(2)10(13)9(11(14)8(3)4)12-15-5-6-16-12/h5-8H,1-4H3. The Hall–Kier alpha value is -0.480. The first-order chi connectivity index (χ1) is 7.45. The van der Waals surface area contributed by atoms with Crippen LogP contribution in [0.15, 0.2) is 20.6 Å². The van der Waals surface area contributed by atoms with E-state index in [1.165, 1.54) is 23.5 Å². The third-order valence-corrected chi connectivity index (χ3v) is 4.28. The second kappa shape index (κ2) is 5.73. The largest absolute Gasteiger partial charge is 0.294 e. The Balaban J connectivity index is 3.09. The lowest BCUT2D eigenvalue weighted by Gasteiger charge is -2.12. The molecule has 0 fully saturated rings. The van der Waals surface area contributed by atoms with Crippen LogP contribution in [0, 0.1) is 11.8 Å². The molecule has 16 heavy (non-hydrogen) atoms. The molecule has 0 saturated carbocycles. The molecule has 0 aromatic heterocycles. The molecule has 1 heterocycles. The summed E-state index contributed by atoms with van der Waals surface area (Å²) in [5.41, 5.74) is 0.394. The lowest BCUT2D eigenvalue weighted by atomic mass is 9.94. The first-order valence-electron chi connectivity index (χ1n) is 5.26. The molecule has 0 spiro atoms. The van der Waals surface area contributed by atoms with Gasteiger partial charge in [-0.25, -0.2) is 0 Å². The number of hydrogen-bond donors (Lipinski definition) is 0. The number of hydrogen-bond acceptors (Lipinski definition) is 4. The fraction of sp³-hybridized carbons (Fsp3) is 0.500. The van der Waals surface area contributed by atoms with Gasteiger partial charge in [0, 0.05) is 11.8 Å². The van der Waals surface area contributed by atoms with Crippen LogP contribution in [0.2, 0.25) is 0 Å². The number of thioether (sulfide) groups is 2. The van der Waals surface area contributed by atoms with Gasteiger partial charge in [0.25, 0.3) is 0 Å². The van der Waals surface area contributed by atoms with Gasteiger partial charge in [0.2, 0.25) is 0 Å². The first-order valence-corrected chi connectivity index (χ1v) is 7.02. The quantitative estimate of drug-likeness (QED) is 0.437. The van der Waals surface area contributed by atoms with Crippen molar-refractivity contribution in [3.63, 3.8) is 0 Å². The van der Waals surface area contributed by atoms with Crippen molar-refractivity contribution in [2.24, 2.45) is 11.8 Å². The summed E-state index contributed by atoms with van der Waals surface area (Å²) in [6.07, 6.45) is 0. The van der Waals surface area contributed by atoms with Gasteiger partial charge in [-0.2, -0.15) is 0 Å². The molecule has 2 nitrogen and oxygen atoms in total. The van der Waals surface area contributed by atoms with Crippen molar-refractivity contribution in [2.45, 2.75) is 27.7 Å². The Bertz CT molecular complexity index is 333. The summed E-state index contributed by atoms with van der Waals surface area (Å²) in [4.78, 5) is 24.1. The van der Waals surface area contributed by atoms with Crippen LogP contribution in [0.4, 0.5) is 0 Å². The molecular weight excluding hydrogens is 240 g/mol. The van der Waals surface area contributed by atoms with E-state index in [2.05, 4.69) is 0 Å². The lowest BCUT2D eigenvalue weighted by Crippen LogP contribution is -2.22. The number of carbonyl (C=O) groups is 2. The first kappa shape index (κ1) is 13.6. The molecule has 0 atom stereocenters. The van der Waals surface area contributed by atoms with E-state index in [4.69, 9.17) is 0 Å². The molecule has 0 bridgehead atoms. The monoisotopic (exact) mass is 256 g/mol. The minimum absolute atomic E-state index is 0.0441. The molecular formula is C12H16O2S2. The summed E-state index contributed by atoms with van der Waals surface area (Å²) in [6, 6.07) is 0. The summed E-state index contributed by atoms with van der Waals surface area (Å²) in [6.45, 7) is 7.31. The van der Waals surface area contributed by atoms with E-state index in [1.807, 2.05) is 38.5 Å². The van der Waals surface area contributed by atoms with Crippen LogP contribution < -0.4 is 0 Å². The highest BCUT2D eigenvalue weighted by molar-refractivity contribution is 8.27. The van der Waals surface area contributed by atoms with Gasteiger partial charge in [-0.3, -0.25) is 9.59 Å². The van der Waals surface area contributed by atoms with Gasteiger partial charge < -0.3 is 0 Å². The SMILES string of the molecule is CC(C)C(=O)C(C(=O)C(C)C)=C1SC=CS1. The second-order valence-corrected chi connectivity index (χ2v) is 6.30. The van der Waals surface area contributed by atoms with Crippen molar-refractivity contribution in [1.29, 1.82) is 0 Å². The van der Waals surface area contributed by atoms with E-state index in [1.54, 1.807) is 0 Å². The topological polar surface area (TPSA) is 34.1 Å². The Morgan fingerprint density at radius 3 is 1.62 bits per heavy atom. The predicted molar refractivity (Wildman–Crippen MR) is 71.0 cm³/mol. The van der Waals surface area contributed by atoms with Gasteiger partial charge in [-0.15, -0.1) is 0 Å². The Morgan fingerprint density at radius 1 is 0.938 bits per heavy atom. The van der Waals surface area contributed by atoms with Crippen LogP contribution in [0.5, 0.6) is 0 Å². The average molecular weight is 256 g/mol. The Morgan fingerprint density at radius 2 is 1.31 bits per heavy atom. The molecule has 0 unspecified atom stereocenters. The summed E-state index contributed by atoms with van der Waals surface area (Å²) < 4.78 is 0.831. The number of Topliss-reactive ketones (excluding diaryl/α,β-unsaturated/α-hetero) is 2. The van der Waals surface area contributed by atoms with Crippen LogP contribution in [0.25, 0.3) is 0 Å². The number of rotatable bonds is 4. The Labute approximate surface area is 105 Å². The molecule has 0 aromatic carbocycles. The van der Waals surface area contributed by atoms with Crippen molar-refractivity contribution in [1.82, 2.24) is 0 Å². The van der Waals surface area contributed by atoms with E-state index in [0.29, 0.717) is 5.57 Å². The molecule has 1 aliphatic heterocycles. The van der Waals surface area contributed by atoms with Gasteiger partial charge in [-0.05, 0) is 10.8 Å². The zero-order valence-electron chi connectivity index (χ0n) is 9.94. The highest BCUT2D eigenvalue weighted by Gasteiger charge is 2.27. The zero-order chi connectivity index (χ0) is 12.3. The third-order valence-electron chi connectivity index (χ3n) is 2.15. The highest BCUT2D eigenvalue weighted by Crippen LogP contribution is 2.41. The van der Waals surface area contributed by atoms with Crippen LogP contribution >= 0.6 is 23.5 Å². The molecule has 1 aliphatic rings. The van der Waals surface area contributed by atoms with E-state index in [9.17, 15) is 9.59 Å². The Kier molecular flexibility index (Phi) is 4.87. The molecule has 0 N–H and O–H groups in total. The van der Waals surface area contributed by atoms with Crippen LogP contribution in [0.1, 0.15) is 27.7 Å². The van der Waals surface area contributed by atoms with Crippen molar-refractivity contribution in [3.05, 3.63) is 20.6 Å². The van der Waals surface area contributed by atoms with Crippen molar-refractivity contribution in [2.75, 3.05) is 0 Å². The summed E-state index contributed by atoms with van der Waals surface area (Å²) in [7, 11) is 0. The molecule has 0 aliphatic carbocycles.